The lowest BCUT2D eigenvalue weighted by molar-refractivity contribution is 0.0973. The Kier molecular flexibility index (Phi) is 3.76. The van der Waals surface area contributed by atoms with Crippen molar-refractivity contribution in [3.05, 3.63) is 29.8 Å². The van der Waals surface area contributed by atoms with Gasteiger partial charge in [0.05, 0.1) is 18.3 Å². The summed E-state index contributed by atoms with van der Waals surface area (Å²) in [4.78, 5) is 0. The number of fused-ring (bicyclic) bond motifs is 2. The molecule has 3 nitrogen and oxygen atoms in total. The summed E-state index contributed by atoms with van der Waals surface area (Å²) in [5.74, 6) is 0.957. The minimum absolute atomic E-state index is 0.224. The van der Waals surface area contributed by atoms with Crippen LogP contribution in [-0.2, 0) is 11.3 Å². The molecule has 2 bridgehead atoms. The Morgan fingerprint density at radius 1 is 1.37 bits per heavy atom. The van der Waals surface area contributed by atoms with Crippen molar-refractivity contribution in [3.63, 3.8) is 0 Å². The molecule has 2 heterocycles. The first-order valence-corrected chi connectivity index (χ1v) is 7.35. The van der Waals surface area contributed by atoms with E-state index in [0.29, 0.717) is 18.2 Å². The number of hydrogen-bond acceptors (Lipinski definition) is 3. The fourth-order valence-corrected chi connectivity index (χ4v) is 3.10. The Bertz CT molecular complexity index is 433. The summed E-state index contributed by atoms with van der Waals surface area (Å²) in [7, 11) is 0. The van der Waals surface area contributed by atoms with Crippen molar-refractivity contribution in [2.75, 3.05) is 0 Å². The average Bonchev–Trinajstić information content (AvgIpc) is 2.98. The van der Waals surface area contributed by atoms with Crippen LogP contribution in [0, 0.1) is 0 Å². The largest absolute Gasteiger partial charge is 0.491 e. The van der Waals surface area contributed by atoms with E-state index < -0.39 is 0 Å². The molecule has 0 saturated carbocycles. The van der Waals surface area contributed by atoms with Gasteiger partial charge in [0.2, 0.25) is 0 Å². The van der Waals surface area contributed by atoms with Gasteiger partial charge in [-0.05, 0) is 50.8 Å². The summed E-state index contributed by atoms with van der Waals surface area (Å²) in [6.07, 6.45) is 4.83. The number of benzene rings is 1. The molecule has 3 heteroatoms. The molecule has 19 heavy (non-hydrogen) atoms. The predicted molar refractivity (Wildman–Crippen MR) is 75.3 cm³/mol. The summed E-state index contributed by atoms with van der Waals surface area (Å²) in [5.41, 5.74) is 1.28. The lowest BCUT2D eigenvalue weighted by Crippen LogP contribution is -2.36. The van der Waals surface area contributed by atoms with Crippen LogP contribution >= 0.6 is 0 Å². The van der Waals surface area contributed by atoms with E-state index in [2.05, 4.69) is 37.4 Å². The third-order valence-corrected chi connectivity index (χ3v) is 3.94. The summed E-state index contributed by atoms with van der Waals surface area (Å²) >= 11 is 0. The van der Waals surface area contributed by atoms with Crippen molar-refractivity contribution < 1.29 is 9.47 Å². The van der Waals surface area contributed by atoms with Crippen LogP contribution in [0.3, 0.4) is 0 Å². The third kappa shape index (κ3) is 3.10. The molecule has 0 radical (unpaired) electrons. The average molecular weight is 261 g/mol. The van der Waals surface area contributed by atoms with E-state index in [1.54, 1.807) is 0 Å². The second-order valence-corrected chi connectivity index (χ2v) is 5.91. The van der Waals surface area contributed by atoms with Gasteiger partial charge in [-0.15, -0.1) is 0 Å². The summed E-state index contributed by atoms with van der Waals surface area (Å²) in [5, 5.41) is 3.63. The Morgan fingerprint density at radius 2 is 2.26 bits per heavy atom. The second kappa shape index (κ2) is 5.51. The van der Waals surface area contributed by atoms with Gasteiger partial charge in [-0.2, -0.15) is 0 Å². The van der Waals surface area contributed by atoms with Crippen molar-refractivity contribution in [2.45, 2.75) is 64.0 Å². The van der Waals surface area contributed by atoms with Crippen molar-refractivity contribution >= 4 is 0 Å². The molecule has 2 aliphatic rings. The molecule has 1 N–H and O–H groups in total. The highest BCUT2D eigenvalue weighted by molar-refractivity contribution is 5.28. The molecule has 3 rings (SSSR count). The number of nitrogens with one attached hydrogen (secondary N) is 1. The van der Waals surface area contributed by atoms with Gasteiger partial charge in [-0.25, -0.2) is 0 Å². The molecule has 1 aromatic rings. The zero-order valence-electron chi connectivity index (χ0n) is 11.8. The van der Waals surface area contributed by atoms with Gasteiger partial charge in [0.15, 0.2) is 0 Å². The number of rotatable bonds is 5. The summed E-state index contributed by atoms with van der Waals surface area (Å²) in [6.45, 7) is 5.00. The van der Waals surface area contributed by atoms with E-state index >= 15 is 0 Å². The van der Waals surface area contributed by atoms with Gasteiger partial charge in [0.25, 0.3) is 0 Å². The lowest BCUT2D eigenvalue weighted by atomic mass is 9.95. The van der Waals surface area contributed by atoms with Gasteiger partial charge in [0, 0.05) is 12.6 Å². The minimum atomic E-state index is 0.224. The van der Waals surface area contributed by atoms with Crippen molar-refractivity contribution in [1.82, 2.24) is 5.32 Å². The highest BCUT2D eigenvalue weighted by atomic mass is 16.5. The third-order valence-electron chi connectivity index (χ3n) is 3.94. The zero-order valence-corrected chi connectivity index (χ0v) is 11.8. The molecule has 2 fully saturated rings. The van der Waals surface area contributed by atoms with Crippen LogP contribution in [0.4, 0.5) is 0 Å². The maximum absolute atomic E-state index is 5.86. The first-order chi connectivity index (χ1) is 9.20. The Morgan fingerprint density at radius 3 is 2.95 bits per heavy atom. The Hall–Kier alpha value is -1.06. The predicted octanol–water partition coefficient (Wildman–Crippen LogP) is 2.88. The van der Waals surface area contributed by atoms with Crippen LogP contribution in [0.15, 0.2) is 24.3 Å². The standard InChI is InChI=1S/C16H23NO2/c1-11(2)18-13-5-3-4-12(8-13)10-17-15-9-14-6-7-16(15)19-14/h3-5,8,11,14-17H,6-7,9-10H2,1-2H3. The first-order valence-electron chi connectivity index (χ1n) is 7.35. The van der Waals surface area contributed by atoms with E-state index in [4.69, 9.17) is 9.47 Å². The maximum atomic E-state index is 5.86. The van der Waals surface area contributed by atoms with Gasteiger partial charge in [-0.1, -0.05) is 12.1 Å². The first kappa shape index (κ1) is 12.9. The van der Waals surface area contributed by atoms with Crippen molar-refractivity contribution in [1.29, 1.82) is 0 Å². The molecule has 2 saturated heterocycles. The SMILES string of the molecule is CC(C)Oc1cccc(CNC2CC3CCC2O3)c1. The van der Waals surface area contributed by atoms with Crippen LogP contribution < -0.4 is 10.1 Å². The van der Waals surface area contributed by atoms with Crippen LogP contribution in [-0.4, -0.2) is 24.4 Å². The zero-order chi connectivity index (χ0) is 13.2. The van der Waals surface area contributed by atoms with Crippen LogP contribution in [0.5, 0.6) is 5.75 Å². The Labute approximate surface area is 115 Å². The second-order valence-electron chi connectivity index (χ2n) is 5.91. The molecule has 0 spiro atoms. The molecule has 3 atom stereocenters. The topological polar surface area (TPSA) is 30.5 Å². The molecule has 1 aromatic carbocycles. The van der Waals surface area contributed by atoms with Gasteiger partial charge < -0.3 is 14.8 Å². The molecule has 0 aliphatic carbocycles. The summed E-state index contributed by atoms with van der Waals surface area (Å²) in [6, 6.07) is 8.89. The smallest absolute Gasteiger partial charge is 0.120 e. The van der Waals surface area contributed by atoms with Gasteiger partial charge in [-0.3, -0.25) is 0 Å². The van der Waals surface area contributed by atoms with E-state index in [1.165, 1.54) is 24.8 Å². The van der Waals surface area contributed by atoms with E-state index in [1.807, 2.05) is 6.07 Å². The highest BCUT2D eigenvalue weighted by Gasteiger charge is 2.40. The van der Waals surface area contributed by atoms with E-state index in [-0.39, 0.29) is 6.10 Å². The van der Waals surface area contributed by atoms with E-state index in [0.717, 1.165) is 12.3 Å². The fourth-order valence-electron chi connectivity index (χ4n) is 3.10. The molecular formula is C16H23NO2. The van der Waals surface area contributed by atoms with Crippen molar-refractivity contribution in [3.8, 4) is 5.75 Å². The summed E-state index contributed by atoms with van der Waals surface area (Å²) < 4.78 is 11.6. The van der Waals surface area contributed by atoms with E-state index in [9.17, 15) is 0 Å². The number of ether oxygens (including phenoxy) is 2. The monoisotopic (exact) mass is 261 g/mol. The van der Waals surface area contributed by atoms with Crippen LogP contribution in [0.1, 0.15) is 38.7 Å². The molecule has 0 amide bonds. The molecule has 3 unspecified atom stereocenters. The molecule has 2 aliphatic heterocycles. The van der Waals surface area contributed by atoms with Crippen LogP contribution in [0.25, 0.3) is 0 Å². The quantitative estimate of drug-likeness (QED) is 0.884. The Balaban J connectivity index is 1.55. The maximum Gasteiger partial charge on any atom is 0.120 e. The molecule has 104 valence electrons. The van der Waals surface area contributed by atoms with Crippen LogP contribution in [0.2, 0.25) is 0 Å². The lowest BCUT2D eigenvalue weighted by Gasteiger charge is -2.20. The van der Waals surface area contributed by atoms with Crippen molar-refractivity contribution in [2.24, 2.45) is 0 Å². The van der Waals surface area contributed by atoms with Gasteiger partial charge in [0.1, 0.15) is 5.75 Å². The molecule has 0 aromatic heterocycles. The number of hydrogen-bond donors (Lipinski definition) is 1. The molecular weight excluding hydrogens is 238 g/mol. The fraction of sp³-hybridized carbons (Fsp3) is 0.625. The highest BCUT2D eigenvalue weighted by Crippen LogP contribution is 2.34. The minimum Gasteiger partial charge on any atom is -0.491 e. The van der Waals surface area contributed by atoms with Gasteiger partial charge >= 0.3 is 0 Å². The normalized spacial score (nSPS) is 29.1.